The van der Waals surface area contributed by atoms with Gasteiger partial charge in [-0.25, -0.2) is 9.97 Å². The van der Waals surface area contributed by atoms with Gasteiger partial charge in [-0.3, -0.25) is 0 Å². The van der Waals surface area contributed by atoms with Crippen LogP contribution in [0.15, 0.2) is 12.5 Å². The Bertz CT molecular complexity index is 337. The third kappa shape index (κ3) is 2.30. The van der Waals surface area contributed by atoms with Crippen LogP contribution in [0.3, 0.4) is 0 Å². The van der Waals surface area contributed by atoms with Crippen LogP contribution in [0.4, 0.5) is 5.82 Å². The molecule has 1 aromatic heterocycles. The van der Waals surface area contributed by atoms with Gasteiger partial charge in [-0.2, -0.15) is 0 Å². The topological polar surface area (TPSA) is 55.3 Å². The molecule has 1 aliphatic rings. The third-order valence-electron chi connectivity index (χ3n) is 2.38. The largest absolute Gasteiger partial charge is 0.378 e. The van der Waals surface area contributed by atoms with Crippen LogP contribution in [0.2, 0.25) is 0 Å². The van der Waals surface area contributed by atoms with Crippen molar-refractivity contribution >= 4 is 12.1 Å². The summed E-state index contributed by atoms with van der Waals surface area (Å²) in [5.74, 6) is 0.861. The van der Waals surface area contributed by atoms with Crippen molar-refractivity contribution in [1.82, 2.24) is 9.97 Å². The maximum Gasteiger partial charge on any atom is 0.135 e. The van der Waals surface area contributed by atoms with Gasteiger partial charge in [-0.1, -0.05) is 0 Å². The van der Waals surface area contributed by atoms with Crippen LogP contribution in [-0.4, -0.2) is 42.6 Å². The Hall–Kier alpha value is -1.49. The summed E-state index contributed by atoms with van der Waals surface area (Å²) in [6.45, 7) is 3.07. The van der Waals surface area contributed by atoms with E-state index < -0.39 is 0 Å². The molecule has 0 N–H and O–H groups in total. The molecule has 1 fully saturated rings. The molecular formula is C10H13N3O2. The second kappa shape index (κ2) is 4.84. The Morgan fingerprint density at radius 2 is 2.27 bits per heavy atom. The highest BCUT2D eigenvalue weighted by Gasteiger charge is 2.15. The van der Waals surface area contributed by atoms with E-state index in [1.54, 1.807) is 6.20 Å². The van der Waals surface area contributed by atoms with E-state index in [1.807, 2.05) is 0 Å². The quantitative estimate of drug-likeness (QED) is 0.656. The van der Waals surface area contributed by atoms with Crippen molar-refractivity contribution in [2.24, 2.45) is 0 Å². The molecule has 0 saturated carbocycles. The number of hydrogen-bond acceptors (Lipinski definition) is 5. The van der Waals surface area contributed by atoms with Crippen molar-refractivity contribution in [3.05, 3.63) is 18.1 Å². The number of ether oxygens (including phenoxy) is 1. The molecule has 0 aliphatic carbocycles. The lowest BCUT2D eigenvalue weighted by Gasteiger charge is -2.28. The fraction of sp³-hybridized carbons (Fsp3) is 0.500. The Kier molecular flexibility index (Phi) is 3.24. The minimum atomic E-state index is 0.369. The number of hydrogen-bond donors (Lipinski definition) is 0. The number of morpholine rings is 1. The molecule has 0 amide bonds. The second-order valence-corrected chi connectivity index (χ2v) is 3.34. The first-order valence-electron chi connectivity index (χ1n) is 4.97. The summed E-state index contributed by atoms with van der Waals surface area (Å²) in [5.41, 5.74) is 0.884. The Balaban J connectivity index is 2.20. The highest BCUT2D eigenvalue weighted by Crippen LogP contribution is 2.17. The van der Waals surface area contributed by atoms with Crippen LogP contribution in [0, 0.1) is 0 Å². The predicted molar refractivity (Wildman–Crippen MR) is 54.8 cm³/mol. The number of aldehydes is 1. The summed E-state index contributed by atoms with van der Waals surface area (Å²) in [7, 11) is 0. The molecule has 80 valence electrons. The molecule has 0 radical (unpaired) electrons. The Morgan fingerprint density at radius 1 is 1.47 bits per heavy atom. The second-order valence-electron chi connectivity index (χ2n) is 3.34. The monoisotopic (exact) mass is 207 g/mol. The zero-order valence-electron chi connectivity index (χ0n) is 8.43. The first-order valence-corrected chi connectivity index (χ1v) is 4.97. The van der Waals surface area contributed by atoms with E-state index in [-0.39, 0.29) is 0 Å². The fourth-order valence-electron chi connectivity index (χ4n) is 1.65. The number of nitrogens with zero attached hydrogens (tertiary/aromatic N) is 3. The van der Waals surface area contributed by atoms with E-state index in [0.717, 1.165) is 30.8 Å². The van der Waals surface area contributed by atoms with Crippen molar-refractivity contribution < 1.29 is 9.53 Å². The molecule has 0 bridgehead atoms. The minimum absolute atomic E-state index is 0.369. The van der Waals surface area contributed by atoms with Gasteiger partial charge in [0.1, 0.15) is 18.4 Å². The van der Waals surface area contributed by atoms with Crippen molar-refractivity contribution in [3.8, 4) is 0 Å². The number of anilines is 1. The molecule has 2 heterocycles. The molecule has 5 nitrogen and oxygen atoms in total. The smallest absolute Gasteiger partial charge is 0.135 e. The van der Waals surface area contributed by atoms with Crippen LogP contribution in [0.1, 0.15) is 5.56 Å². The fourth-order valence-corrected chi connectivity index (χ4v) is 1.65. The highest BCUT2D eigenvalue weighted by atomic mass is 16.5. The lowest BCUT2D eigenvalue weighted by atomic mass is 10.2. The van der Waals surface area contributed by atoms with Gasteiger partial charge in [-0.15, -0.1) is 0 Å². The van der Waals surface area contributed by atoms with E-state index in [2.05, 4.69) is 14.9 Å². The average Bonchev–Trinajstić information content (AvgIpc) is 2.31. The van der Waals surface area contributed by atoms with E-state index >= 15 is 0 Å². The van der Waals surface area contributed by atoms with Crippen LogP contribution >= 0.6 is 0 Å². The Labute approximate surface area is 88.1 Å². The van der Waals surface area contributed by atoms with E-state index in [9.17, 15) is 4.79 Å². The summed E-state index contributed by atoms with van der Waals surface area (Å²) in [6, 6.07) is 0. The summed E-state index contributed by atoms with van der Waals surface area (Å²) in [5, 5.41) is 0. The molecule has 0 aromatic carbocycles. The van der Waals surface area contributed by atoms with Gasteiger partial charge in [0.2, 0.25) is 0 Å². The first kappa shape index (κ1) is 10.0. The zero-order chi connectivity index (χ0) is 10.5. The average molecular weight is 207 g/mol. The van der Waals surface area contributed by atoms with Crippen molar-refractivity contribution in [1.29, 1.82) is 0 Å². The zero-order valence-corrected chi connectivity index (χ0v) is 8.43. The minimum Gasteiger partial charge on any atom is -0.378 e. The molecule has 1 aliphatic heterocycles. The number of carbonyl (C=O) groups is 1. The van der Waals surface area contributed by atoms with Crippen LogP contribution in [-0.2, 0) is 16.0 Å². The van der Waals surface area contributed by atoms with E-state index in [0.29, 0.717) is 19.6 Å². The van der Waals surface area contributed by atoms with Crippen molar-refractivity contribution in [3.63, 3.8) is 0 Å². The SMILES string of the molecule is O=CCc1cncnc1N1CCOCC1. The van der Waals surface area contributed by atoms with Gasteiger partial charge < -0.3 is 14.4 Å². The maximum absolute atomic E-state index is 10.5. The van der Waals surface area contributed by atoms with Gasteiger partial charge in [0.25, 0.3) is 0 Å². The lowest BCUT2D eigenvalue weighted by molar-refractivity contribution is -0.107. The number of rotatable bonds is 3. The van der Waals surface area contributed by atoms with Gasteiger partial charge in [-0.05, 0) is 0 Å². The van der Waals surface area contributed by atoms with E-state index in [4.69, 9.17) is 4.74 Å². The molecule has 0 unspecified atom stereocenters. The summed E-state index contributed by atoms with van der Waals surface area (Å²) >= 11 is 0. The predicted octanol–water partition coefficient (Wildman–Crippen LogP) is 0.0546. The third-order valence-corrected chi connectivity index (χ3v) is 2.38. The normalized spacial score (nSPS) is 16.4. The van der Waals surface area contributed by atoms with Crippen LogP contribution < -0.4 is 4.90 Å². The molecule has 5 heteroatoms. The number of aromatic nitrogens is 2. The summed E-state index contributed by atoms with van der Waals surface area (Å²) in [4.78, 5) is 20.8. The molecule has 2 rings (SSSR count). The standard InChI is InChI=1S/C10H13N3O2/c14-4-1-9-7-11-8-12-10(9)13-2-5-15-6-3-13/h4,7-8H,1-3,5-6H2. The van der Waals surface area contributed by atoms with Gasteiger partial charge >= 0.3 is 0 Å². The van der Waals surface area contributed by atoms with Crippen LogP contribution in [0.5, 0.6) is 0 Å². The number of carbonyl (C=O) groups excluding carboxylic acids is 1. The molecule has 15 heavy (non-hydrogen) atoms. The van der Waals surface area contributed by atoms with Crippen molar-refractivity contribution in [2.75, 3.05) is 31.2 Å². The molecule has 1 aromatic rings. The molecular weight excluding hydrogens is 194 g/mol. The summed E-state index contributed by atoms with van der Waals surface area (Å²) in [6.07, 6.45) is 4.46. The molecule has 0 spiro atoms. The summed E-state index contributed by atoms with van der Waals surface area (Å²) < 4.78 is 5.27. The molecule has 0 atom stereocenters. The Morgan fingerprint density at radius 3 is 3.00 bits per heavy atom. The van der Waals surface area contributed by atoms with Crippen LogP contribution in [0.25, 0.3) is 0 Å². The maximum atomic E-state index is 10.5. The lowest BCUT2D eigenvalue weighted by Crippen LogP contribution is -2.37. The first-order chi connectivity index (χ1) is 7.42. The molecule has 1 saturated heterocycles. The highest BCUT2D eigenvalue weighted by molar-refractivity contribution is 5.60. The van der Waals surface area contributed by atoms with Crippen molar-refractivity contribution in [2.45, 2.75) is 6.42 Å². The van der Waals surface area contributed by atoms with Gasteiger partial charge in [0.15, 0.2) is 0 Å². The van der Waals surface area contributed by atoms with Gasteiger partial charge in [0, 0.05) is 31.3 Å². The van der Waals surface area contributed by atoms with E-state index in [1.165, 1.54) is 6.33 Å². The van der Waals surface area contributed by atoms with Gasteiger partial charge in [0.05, 0.1) is 13.2 Å².